The minimum absolute atomic E-state index is 0.385. The van der Waals surface area contributed by atoms with Crippen LogP contribution in [0.2, 0.25) is 0 Å². The van der Waals surface area contributed by atoms with Crippen LogP contribution in [0.3, 0.4) is 0 Å². The minimum Gasteiger partial charge on any atom is -0.465 e. The van der Waals surface area contributed by atoms with Crippen molar-refractivity contribution in [1.29, 1.82) is 5.26 Å². The van der Waals surface area contributed by atoms with Gasteiger partial charge in [0.15, 0.2) is 4.34 Å². The predicted molar refractivity (Wildman–Crippen MR) is 126 cm³/mol. The molecule has 0 saturated carbocycles. The highest BCUT2D eigenvalue weighted by Crippen LogP contribution is 2.35. The molecule has 0 spiro atoms. The Labute approximate surface area is 188 Å². The van der Waals surface area contributed by atoms with Gasteiger partial charge in [-0.1, -0.05) is 24.3 Å². The molecule has 0 aliphatic rings. The number of ether oxygens (including phenoxy) is 1. The summed E-state index contributed by atoms with van der Waals surface area (Å²) in [4.78, 5) is 17.4. The molecule has 0 fully saturated rings. The summed E-state index contributed by atoms with van der Waals surface area (Å²) >= 11 is 2.94. The van der Waals surface area contributed by atoms with E-state index in [1.165, 1.54) is 18.9 Å². The normalized spacial score (nSPS) is 11.5. The molecule has 154 valence electrons. The summed E-state index contributed by atoms with van der Waals surface area (Å²) in [5.74, 6) is -0.385. The Morgan fingerprint density at radius 1 is 1.19 bits per heavy atom. The largest absolute Gasteiger partial charge is 0.465 e. The Morgan fingerprint density at radius 3 is 2.68 bits per heavy atom. The maximum absolute atomic E-state index is 12.2. The fourth-order valence-corrected chi connectivity index (χ4v) is 5.44. The molecular weight excluding hydrogens is 426 g/mol. The third-order valence-electron chi connectivity index (χ3n) is 4.89. The molecule has 0 atom stereocenters. The van der Waals surface area contributed by atoms with Gasteiger partial charge < -0.3 is 9.30 Å². The van der Waals surface area contributed by atoms with Gasteiger partial charge in [0.1, 0.15) is 6.07 Å². The molecule has 0 bridgehead atoms. The van der Waals surface area contributed by atoms with Gasteiger partial charge in [0.2, 0.25) is 0 Å². The summed E-state index contributed by atoms with van der Waals surface area (Å²) in [6.07, 6.45) is 1.87. The van der Waals surface area contributed by atoms with Crippen LogP contribution in [-0.4, -0.2) is 22.6 Å². The Bertz CT molecular complexity index is 1330. The zero-order valence-corrected chi connectivity index (χ0v) is 18.9. The van der Waals surface area contributed by atoms with Gasteiger partial charge in [-0.25, -0.2) is 9.78 Å². The third-order valence-corrected chi connectivity index (χ3v) is 6.91. The second-order valence-corrected chi connectivity index (χ2v) is 9.16. The van der Waals surface area contributed by atoms with E-state index in [2.05, 4.69) is 11.1 Å². The predicted octanol–water partition coefficient (Wildman–Crippen LogP) is 6.15. The lowest BCUT2D eigenvalue weighted by molar-refractivity contribution is 0.0600. The van der Waals surface area contributed by atoms with Crippen LogP contribution in [0.15, 0.2) is 63.8 Å². The van der Waals surface area contributed by atoms with Crippen LogP contribution >= 0.6 is 23.1 Å². The molecule has 2 aromatic heterocycles. The van der Waals surface area contributed by atoms with Crippen molar-refractivity contribution >= 4 is 45.4 Å². The van der Waals surface area contributed by atoms with Crippen LogP contribution in [0.25, 0.3) is 22.0 Å². The molecule has 0 aliphatic carbocycles. The number of aromatic nitrogens is 2. The Hall–Kier alpha value is -3.34. The molecule has 0 unspecified atom stereocenters. The van der Waals surface area contributed by atoms with Crippen molar-refractivity contribution in [3.8, 4) is 11.8 Å². The first kappa shape index (κ1) is 20.9. The minimum atomic E-state index is -0.385. The second kappa shape index (κ2) is 8.80. The number of nitriles is 1. The zero-order valence-electron chi connectivity index (χ0n) is 17.2. The summed E-state index contributed by atoms with van der Waals surface area (Å²) in [6.45, 7) is 3.95. The third kappa shape index (κ3) is 4.13. The van der Waals surface area contributed by atoms with E-state index in [-0.39, 0.29) is 5.97 Å². The molecule has 0 saturated heterocycles. The first-order chi connectivity index (χ1) is 15.0. The average molecular weight is 446 g/mol. The lowest BCUT2D eigenvalue weighted by atomic mass is 10.1. The average Bonchev–Trinajstić information content (AvgIpc) is 3.32. The molecule has 0 amide bonds. The second-order valence-electron chi connectivity index (χ2n) is 6.84. The number of fused-ring (bicyclic) bond motifs is 1. The van der Waals surface area contributed by atoms with Gasteiger partial charge in [-0.05, 0) is 67.6 Å². The van der Waals surface area contributed by atoms with E-state index in [0.717, 1.165) is 37.2 Å². The van der Waals surface area contributed by atoms with Gasteiger partial charge in [0, 0.05) is 11.4 Å². The Morgan fingerprint density at radius 2 is 1.94 bits per heavy atom. The van der Waals surface area contributed by atoms with E-state index < -0.39 is 0 Å². The molecule has 5 nitrogen and oxygen atoms in total. The number of hydrogen-bond donors (Lipinski definition) is 0. The number of benzene rings is 2. The van der Waals surface area contributed by atoms with Crippen molar-refractivity contribution in [3.05, 3.63) is 82.0 Å². The number of esters is 1. The topological polar surface area (TPSA) is 67.9 Å². The van der Waals surface area contributed by atoms with Crippen LogP contribution < -0.4 is 0 Å². The van der Waals surface area contributed by atoms with E-state index in [0.29, 0.717) is 10.5 Å². The highest BCUT2D eigenvalue weighted by molar-refractivity contribution is 8.05. The zero-order chi connectivity index (χ0) is 22.0. The number of methoxy groups -OCH3 is 1. The molecule has 0 radical (unpaired) electrons. The number of rotatable bonds is 5. The SMILES string of the molecule is COC(=O)c1ccccc1-n1c(C)cc(C=C(C#N)Sc2nc3ccccc3s2)c1C. The van der Waals surface area contributed by atoms with Gasteiger partial charge in [-0.2, -0.15) is 5.26 Å². The number of nitrogens with zero attached hydrogens (tertiary/aromatic N) is 3. The Kier molecular flexibility index (Phi) is 5.94. The Balaban J connectivity index is 1.72. The number of thiazole rings is 1. The van der Waals surface area contributed by atoms with E-state index in [1.54, 1.807) is 17.4 Å². The summed E-state index contributed by atoms with van der Waals surface area (Å²) in [6, 6.07) is 19.6. The van der Waals surface area contributed by atoms with Crippen LogP contribution in [0.1, 0.15) is 27.3 Å². The molecule has 31 heavy (non-hydrogen) atoms. The van der Waals surface area contributed by atoms with E-state index in [1.807, 2.05) is 73.0 Å². The summed E-state index contributed by atoms with van der Waals surface area (Å²) in [7, 11) is 1.38. The van der Waals surface area contributed by atoms with Crippen LogP contribution in [-0.2, 0) is 4.74 Å². The van der Waals surface area contributed by atoms with E-state index in [9.17, 15) is 10.1 Å². The van der Waals surface area contributed by atoms with Gasteiger partial charge in [0.25, 0.3) is 0 Å². The molecule has 0 N–H and O–H groups in total. The van der Waals surface area contributed by atoms with E-state index in [4.69, 9.17) is 4.74 Å². The summed E-state index contributed by atoms with van der Waals surface area (Å²) in [5.41, 5.74) is 4.99. The summed E-state index contributed by atoms with van der Waals surface area (Å²) < 4.78 is 8.88. The molecule has 4 aromatic rings. The molecule has 2 aromatic carbocycles. The number of para-hydroxylation sites is 2. The molecule has 0 aliphatic heterocycles. The number of thioether (sulfide) groups is 1. The summed E-state index contributed by atoms with van der Waals surface area (Å²) in [5, 5.41) is 9.73. The molecular formula is C24H19N3O2S2. The van der Waals surface area contributed by atoms with Gasteiger partial charge in [-0.3, -0.25) is 0 Å². The number of carbonyl (C=O) groups excluding carboxylic acids is 1. The van der Waals surface area contributed by atoms with Gasteiger partial charge >= 0.3 is 5.97 Å². The highest BCUT2D eigenvalue weighted by atomic mass is 32.2. The van der Waals surface area contributed by atoms with Crippen LogP contribution in [0.4, 0.5) is 0 Å². The molecule has 2 heterocycles. The van der Waals surface area contributed by atoms with Crippen molar-refractivity contribution in [2.75, 3.05) is 7.11 Å². The quantitative estimate of drug-likeness (QED) is 0.209. The van der Waals surface area contributed by atoms with Crippen molar-refractivity contribution in [2.24, 2.45) is 0 Å². The van der Waals surface area contributed by atoms with Crippen molar-refractivity contribution < 1.29 is 9.53 Å². The number of carbonyl (C=O) groups is 1. The monoisotopic (exact) mass is 445 g/mol. The highest BCUT2D eigenvalue weighted by Gasteiger charge is 2.17. The lowest BCUT2D eigenvalue weighted by Gasteiger charge is -2.13. The van der Waals surface area contributed by atoms with Crippen LogP contribution in [0.5, 0.6) is 0 Å². The smallest absolute Gasteiger partial charge is 0.339 e. The van der Waals surface area contributed by atoms with Gasteiger partial charge in [0.05, 0.1) is 33.5 Å². The van der Waals surface area contributed by atoms with Gasteiger partial charge in [-0.15, -0.1) is 11.3 Å². The fourth-order valence-electron chi connectivity index (χ4n) is 3.47. The standard InChI is InChI=1S/C24H19N3O2S2/c1-15-12-17(16(2)27(15)21-10-6-4-8-19(21)23(28)29-3)13-18(14-25)30-24-26-20-9-5-7-11-22(20)31-24/h4-13H,1-3H3. The molecule has 4 rings (SSSR count). The van der Waals surface area contributed by atoms with Crippen molar-refractivity contribution in [3.63, 3.8) is 0 Å². The lowest BCUT2D eigenvalue weighted by Crippen LogP contribution is -2.09. The molecule has 7 heteroatoms. The number of allylic oxidation sites excluding steroid dienone is 1. The van der Waals surface area contributed by atoms with Crippen LogP contribution in [0, 0.1) is 25.2 Å². The first-order valence-corrected chi connectivity index (χ1v) is 11.2. The van der Waals surface area contributed by atoms with Crippen molar-refractivity contribution in [2.45, 2.75) is 18.2 Å². The number of hydrogen-bond acceptors (Lipinski definition) is 6. The first-order valence-electron chi connectivity index (χ1n) is 9.53. The van der Waals surface area contributed by atoms with E-state index >= 15 is 0 Å². The van der Waals surface area contributed by atoms with Crippen molar-refractivity contribution in [1.82, 2.24) is 9.55 Å². The number of aryl methyl sites for hydroxylation is 1. The maximum atomic E-state index is 12.2. The maximum Gasteiger partial charge on any atom is 0.339 e. The fraction of sp³-hybridized carbons (Fsp3) is 0.125.